The zero-order chi connectivity index (χ0) is 18.6. The molecule has 1 heterocycles. The number of aliphatic hydroxyl groups is 1. The van der Waals surface area contributed by atoms with E-state index in [0.29, 0.717) is 24.3 Å². The summed E-state index contributed by atoms with van der Waals surface area (Å²) in [6.45, 7) is 6.65. The van der Waals surface area contributed by atoms with Crippen molar-refractivity contribution in [1.82, 2.24) is 9.80 Å². The molecule has 1 aromatic carbocycles. The third kappa shape index (κ3) is 3.88. The molecule has 2 rings (SSSR count). The van der Waals surface area contributed by atoms with Gasteiger partial charge in [0.25, 0.3) is 17.7 Å². The van der Waals surface area contributed by atoms with Crippen LogP contribution in [0.5, 0.6) is 0 Å². The number of carbonyl (C=O) groups excluding carboxylic acids is 3. The fraction of sp³-hybridized carbons (Fsp3) is 0.389. The third-order valence-electron chi connectivity index (χ3n) is 4.13. The standard InChI is InChI=1S/C18H23N3O4/c1-4-20(5-2)17(24)13-6-7-14(12(3)10-13)19-15-11-16(23)21(8-9-22)18(15)25/h6-7,10-11,19,22H,4-5,8-9H2,1-3H3. The molecule has 0 fully saturated rings. The Morgan fingerprint density at radius 3 is 2.48 bits per heavy atom. The van der Waals surface area contributed by atoms with E-state index < -0.39 is 11.8 Å². The van der Waals surface area contributed by atoms with E-state index >= 15 is 0 Å². The molecule has 0 unspecified atom stereocenters. The summed E-state index contributed by atoms with van der Waals surface area (Å²) in [5.74, 6) is -0.964. The molecule has 2 N–H and O–H groups in total. The molecule has 25 heavy (non-hydrogen) atoms. The fourth-order valence-electron chi connectivity index (χ4n) is 2.69. The molecule has 0 saturated carbocycles. The maximum atomic E-state index is 12.4. The molecule has 7 heteroatoms. The topological polar surface area (TPSA) is 90.0 Å². The number of aryl methyl sites for hydroxylation is 1. The molecule has 1 aliphatic rings. The first-order chi connectivity index (χ1) is 11.9. The molecule has 0 radical (unpaired) electrons. The van der Waals surface area contributed by atoms with Crippen LogP contribution in [-0.4, -0.2) is 58.9 Å². The van der Waals surface area contributed by atoms with Gasteiger partial charge >= 0.3 is 0 Å². The highest BCUT2D eigenvalue weighted by molar-refractivity contribution is 6.17. The number of hydrogen-bond donors (Lipinski definition) is 2. The average molecular weight is 345 g/mol. The lowest BCUT2D eigenvalue weighted by molar-refractivity contribution is -0.137. The highest BCUT2D eigenvalue weighted by Gasteiger charge is 2.30. The van der Waals surface area contributed by atoms with E-state index in [0.717, 1.165) is 10.5 Å². The van der Waals surface area contributed by atoms with Crippen molar-refractivity contribution < 1.29 is 19.5 Å². The summed E-state index contributed by atoms with van der Waals surface area (Å²) in [6, 6.07) is 5.18. The number of amides is 3. The van der Waals surface area contributed by atoms with Crippen molar-refractivity contribution in [1.29, 1.82) is 0 Å². The van der Waals surface area contributed by atoms with Crippen LogP contribution in [-0.2, 0) is 9.59 Å². The smallest absolute Gasteiger partial charge is 0.277 e. The molecule has 0 atom stereocenters. The van der Waals surface area contributed by atoms with Gasteiger partial charge in [0.2, 0.25) is 0 Å². The van der Waals surface area contributed by atoms with Gasteiger partial charge in [-0.25, -0.2) is 0 Å². The molecule has 3 amide bonds. The van der Waals surface area contributed by atoms with Crippen molar-refractivity contribution in [2.45, 2.75) is 20.8 Å². The lowest BCUT2D eigenvalue weighted by Gasteiger charge is -2.19. The number of anilines is 1. The Morgan fingerprint density at radius 1 is 1.24 bits per heavy atom. The zero-order valence-electron chi connectivity index (χ0n) is 14.7. The Bertz CT molecular complexity index is 723. The highest BCUT2D eigenvalue weighted by atomic mass is 16.3. The molecule has 7 nitrogen and oxygen atoms in total. The summed E-state index contributed by atoms with van der Waals surface area (Å²) >= 11 is 0. The number of carbonyl (C=O) groups is 3. The van der Waals surface area contributed by atoms with Crippen molar-refractivity contribution in [3.63, 3.8) is 0 Å². The SMILES string of the molecule is CCN(CC)C(=O)c1ccc(NC2=CC(=O)N(CCO)C2=O)c(C)c1. The summed E-state index contributed by atoms with van der Waals surface area (Å²) in [5.41, 5.74) is 2.18. The van der Waals surface area contributed by atoms with Crippen LogP contribution in [0.25, 0.3) is 0 Å². The lowest BCUT2D eigenvalue weighted by Crippen LogP contribution is -2.34. The van der Waals surface area contributed by atoms with Crippen molar-refractivity contribution in [3.8, 4) is 0 Å². The van der Waals surface area contributed by atoms with Crippen LogP contribution in [0.3, 0.4) is 0 Å². The van der Waals surface area contributed by atoms with Gasteiger partial charge < -0.3 is 15.3 Å². The summed E-state index contributed by atoms with van der Waals surface area (Å²) in [5, 5.41) is 11.9. The fourth-order valence-corrected chi connectivity index (χ4v) is 2.69. The number of benzene rings is 1. The van der Waals surface area contributed by atoms with Crippen LogP contribution in [0.4, 0.5) is 5.69 Å². The van der Waals surface area contributed by atoms with Crippen LogP contribution < -0.4 is 5.32 Å². The van der Waals surface area contributed by atoms with Gasteiger partial charge in [0.05, 0.1) is 13.2 Å². The zero-order valence-corrected chi connectivity index (χ0v) is 14.7. The number of hydrogen-bond acceptors (Lipinski definition) is 5. The monoisotopic (exact) mass is 345 g/mol. The van der Waals surface area contributed by atoms with E-state index in [-0.39, 0.29) is 24.8 Å². The molecule has 1 aliphatic heterocycles. The predicted molar refractivity (Wildman–Crippen MR) is 93.9 cm³/mol. The van der Waals surface area contributed by atoms with E-state index in [9.17, 15) is 14.4 Å². The minimum absolute atomic E-state index is 0.0321. The molecule has 1 aromatic rings. The second-order valence-corrected chi connectivity index (χ2v) is 5.71. The van der Waals surface area contributed by atoms with Gasteiger partial charge in [-0.15, -0.1) is 0 Å². The van der Waals surface area contributed by atoms with Crippen LogP contribution in [0.2, 0.25) is 0 Å². The number of rotatable bonds is 7. The van der Waals surface area contributed by atoms with Crippen LogP contribution in [0.15, 0.2) is 30.0 Å². The van der Waals surface area contributed by atoms with Crippen molar-refractivity contribution in [2.75, 3.05) is 31.6 Å². The van der Waals surface area contributed by atoms with Gasteiger partial charge in [0.15, 0.2) is 0 Å². The average Bonchev–Trinajstić information content (AvgIpc) is 2.85. The van der Waals surface area contributed by atoms with Gasteiger partial charge in [-0.3, -0.25) is 19.3 Å². The van der Waals surface area contributed by atoms with Gasteiger partial charge in [0, 0.05) is 30.4 Å². The van der Waals surface area contributed by atoms with Gasteiger partial charge in [-0.05, 0) is 44.5 Å². The molecule has 0 bridgehead atoms. The van der Waals surface area contributed by atoms with E-state index in [1.807, 2.05) is 20.8 Å². The summed E-state index contributed by atoms with van der Waals surface area (Å²) in [4.78, 5) is 39.0. The second kappa shape index (κ2) is 7.94. The van der Waals surface area contributed by atoms with E-state index in [1.165, 1.54) is 6.08 Å². The molecule has 0 aliphatic carbocycles. The number of β-amino-alcohol motifs (C(OH)–C–C–N with tert-alkyl or cyclic N) is 1. The first-order valence-corrected chi connectivity index (χ1v) is 8.28. The summed E-state index contributed by atoms with van der Waals surface area (Å²) in [7, 11) is 0. The molecule has 0 saturated heterocycles. The molecule has 134 valence electrons. The van der Waals surface area contributed by atoms with Crippen molar-refractivity contribution in [2.24, 2.45) is 0 Å². The Labute approximate surface area is 146 Å². The maximum Gasteiger partial charge on any atom is 0.277 e. The van der Waals surface area contributed by atoms with E-state index in [4.69, 9.17) is 5.11 Å². The van der Waals surface area contributed by atoms with Gasteiger partial charge in [-0.2, -0.15) is 0 Å². The number of nitrogens with zero attached hydrogens (tertiary/aromatic N) is 2. The normalized spacial score (nSPS) is 13.9. The molecular weight excluding hydrogens is 322 g/mol. The first-order valence-electron chi connectivity index (χ1n) is 8.28. The van der Waals surface area contributed by atoms with Crippen molar-refractivity contribution in [3.05, 3.63) is 41.1 Å². The quantitative estimate of drug-likeness (QED) is 0.723. The summed E-state index contributed by atoms with van der Waals surface area (Å²) in [6.07, 6.45) is 1.21. The van der Waals surface area contributed by atoms with Crippen LogP contribution in [0, 0.1) is 6.92 Å². The number of imide groups is 1. The van der Waals surface area contributed by atoms with E-state index in [1.54, 1.807) is 23.1 Å². The Morgan fingerprint density at radius 2 is 1.92 bits per heavy atom. The van der Waals surface area contributed by atoms with E-state index in [2.05, 4.69) is 5.32 Å². The third-order valence-corrected chi connectivity index (χ3v) is 4.13. The molecule has 0 aromatic heterocycles. The van der Waals surface area contributed by atoms with Gasteiger partial charge in [-0.1, -0.05) is 0 Å². The predicted octanol–water partition coefficient (Wildman–Crippen LogP) is 1.13. The molecule has 0 spiro atoms. The minimum atomic E-state index is -0.471. The minimum Gasteiger partial charge on any atom is -0.395 e. The Kier molecular flexibility index (Phi) is 5.93. The molecular formula is C18H23N3O4. The Balaban J connectivity index is 2.17. The van der Waals surface area contributed by atoms with Gasteiger partial charge in [0.1, 0.15) is 5.70 Å². The number of nitrogens with one attached hydrogen (secondary N) is 1. The largest absolute Gasteiger partial charge is 0.395 e. The Hall–Kier alpha value is -2.67. The first kappa shape index (κ1) is 18.7. The van der Waals surface area contributed by atoms with Crippen LogP contribution in [0.1, 0.15) is 29.8 Å². The maximum absolute atomic E-state index is 12.4. The number of aliphatic hydroxyl groups excluding tert-OH is 1. The second-order valence-electron chi connectivity index (χ2n) is 5.71. The highest BCUT2D eigenvalue weighted by Crippen LogP contribution is 2.22. The van der Waals surface area contributed by atoms with Crippen molar-refractivity contribution >= 4 is 23.4 Å². The summed E-state index contributed by atoms with van der Waals surface area (Å²) < 4.78 is 0. The lowest BCUT2D eigenvalue weighted by atomic mass is 10.1. The van der Waals surface area contributed by atoms with Crippen LogP contribution >= 0.6 is 0 Å².